The zero-order chi connectivity index (χ0) is 27.9. The summed E-state index contributed by atoms with van der Waals surface area (Å²) >= 11 is 0. The number of ether oxygens (including phenoxy) is 1. The molecule has 3 aromatic rings. The highest BCUT2D eigenvalue weighted by Gasteiger charge is 2.23. The highest BCUT2D eigenvalue weighted by molar-refractivity contribution is 5.93. The van der Waals surface area contributed by atoms with Crippen LogP contribution >= 0.6 is 0 Å². The number of carbonyl (C=O) groups excluding carboxylic acids is 1. The number of hydrogen-bond donors (Lipinski definition) is 3. The van der Waals surface area contributed by atoms with Crippen molar-refractivity contribution in [2.24, 2.45) is 11.7 Å². The van der Waals surface area contributed by atoms with Crippen LogP contribution in [0.1, 0.15) is 67.9 Å². The zero-order valence-corrected chi connectivity index (χ0v) is 23.3. The van der Waals surface area contributed by atoms with Gasteiger partial charge < -0.3 is 25.6 Å². The molecule has 1 aliphatic rings. The molecule has 0 spiro atoms. The molecule has 1 aliphatic carbocycles. The first-order valence-corrected chi connectivity index (χ1v) is 13.6. The van der Waals surface area contributed by atoms with Crippen molar-refractivity contribution in [2.75, 3.05) is 11.9 Å². The molecule has 0 atom stereocenters. The topological polar surface area (TPSA) is 115 Å². The van der Waals surface area contributed by atoms with E-state index in [4.69, 9.17) is 15.0 Å². The van der Waals surface area contributed by atoms with Crippen LogP contribution in [-0.2, 0) is 6.42 Å². The first-order valence-electron chi connectivity index (χ1n) is 13.6. The van der Waals surface area contributed by atoms with E-state index >= 15 is 0 Å². The summed E-state index contributed by atoms with van der Waals surface area (Å²) in [5.74, 6) is 2.49. The van der Waals surface area contributed by atoms with Gasteiger partial charge in [-0.3, -0.25) is 0 Å². The van der Waals surface area contributed by atoms with Crippen molar-refractivity contribution in [1.82, 2.24) is 15.5 Å². The maximum absolute atomic E-state index is 12.1. The van der Waals surface area contributed by atoms with E-state index in [0.717, 1.165) is 39.4 Å². The fraction of sp³-hybridized carbons (Fsp3) is 0.387. The minimum absolute atomic E-state index is 0.0610. The van der Waals surface area contributed by atoms with Gasteiger partial charge in [0.15, 0.2) is 5.82 Å². The lowest BCUT2D eigenvalue weighted by molar-refractivity contribution is 0.250. The number of allylic oxidation sites excluding steroid dienone is 2. The monoisotopic (exact) mass is 529 g/mol. The van der Waals surface area contributed by atoms with E-state index in [0.29, 0.717) is 37.1 Å². The SMILES string of the molecule is C=C(C/C(=C(/N)c1ccc(OCCc2noc(C)n2)cc1C)c1ccc(NC(=O)NC(C)C)cc1)C1CCC1. The predicted molar refractivity (Wildman–Crippen MR) is 155 cm³/mol. The summed E-state index contributed by atoms with van der Waals surface area (Å²) in [5, 5.41) is 9.63. The van der Waals surface area contributed by atoms with E-state index < -0.39 is 0 Å². The minimum atomic E-state index is -0.225. The van der Waals surface area contributed by atoms with E-state index in [1.54, 1.807) is 6.92 Å². The van der Waals surface area contributed by atoms with Crippen molar-refractivity contribution in [3.8, 4) is 5.75 Å². The molecule has 0 bridgehead atoms. The van der Waals surface area contributed by atoms with Gasteiger partial charge in [-0.05, 0) is 93.0 Å². The molecule has 0 aliphatic heterocycles. The third-order valence-electron chi connectivity index (χ3n) is 6.97. The summed E-state index contributed by atoms with van der Waals surface area (Å²) in [6.07, 6.45) is 4.91. The molecule has 1 saturated carbocycles. The van der Waals surface area contributed by atoms with Gasteiger partial charge in [0.05, 0.1) is 6.61 Å². The standard InChI is InChI=1S/C31H39N5O3/c1-19(2)33-31(37)35-25-11-9-24(10-12-25)28(18-20(3)23-7-6-8-23)30(32)27-14-13-26(17-21(27)4)38-16-15-29-34-22(5)39-36-29/h9-14,17,19,23H,3,6-8,15-16,18,32H2,1-2,4-5H3,(H2,33,35,37)/b30-28-. The first kappa shape index (κ1) is 28.0. The Morgan fingerprint density at radius 3 is 2.51 bits per heavy atom. The van der Waals surface area contributed by atoms with Gasteiger partial charge >= 0.3 is 6.03 Å². The van der Waals surface area contributed by atoms with Crippen LogP contribution in [0.5, 0.6) is 5.75 Å². The Kier molecular flexibility index (Phi) is 9.07. The third-order valence-corrected chi connectivity index (χ3v) is 6.97. The summed E-state index contributed by atoms with van der Waals surface area (Å²) in [7, 11) is 0. The predicted octanol–water partition coefficient (Wildman–Crippen LogP) is 6.41. The Labute approximate surface area is 230 Å². The molecule has 2 amide bonds. The van der Waals surface area contributed by atoms with E-state index in [2.05, 4.69) is 27.4 Å². The van der Waals surface area contributed by atoms with Crippen molar-refractivity contribution < 1.29 is 14.1 Å². The fourth-order valence-electron chi connectivity index (χ4n) is 4.62. The van der Waals surface area contributed by atoms with Gasteiger partial charge in [0.1, 0.15) is 5.75 Å². The van der Waals surface area contributed by atoms with Gasteiger partial charge in [0.25, 0.3) is 0 Å². The van der Waals surface area contributed by atoms with Crippen LogP contribution in [-0.4, -0.2) is 28.8 Å². The van der Waals surface area contributed by atoms with Crippen molar-refractivity contribution in [2.45, 2.75) is 65.8 Å². The summed E-state index contributed by atoms with van der Waals surface area (Å²) in [6.45, 7) is 12.5. The lowest BCUT2D eigenvalue weighted by Gasteiger charge is -2.29. The van der Waals surface area contributed by atoms with Crippen molar-refractivity contribution in [1.29, 1.82) is 0 Å². The molecule has 4 rings (SSSR count). The Morgan fingerprint density at radius 2 is 1.92 bits per heavy atom. The quantitative estimate of drug-likeness (QED) is 0.195. The van der Waals surface area contributed by atoms with Gasteiger partial charge in [-0.2, -0.15) is 4.98 Å². The number of amides is 2. The number of anilines is 1. The van der Waals surface area contributed by atoms with Crippen molar-refractivity contribution in [3.05, 3.63) is 83.0 Å². The molecular formula is C31H39N5O3. The molecule has 206 valence electrons. The third kappa shape index (κ3) is 7.50. The lowest BCUT2D eigenvalue weighted by atomic mass is 9.77. The van der Waals surface area contributed by atoms with Crippen LogP contribution in [0.15, 0.2) is 59.1 Å². The Morgan fingerprint density at radius 1 is 1.18 bits per heavy atom. The number of aromatic nitrogens is 2. The molecule has 8 heteroatoms. The average Bonchev–Trinajstić information content (AvgIpc) is 3.26. The molecule has 1 heterocycles. The van der Waals surface area contributed by atoms with Crippen LogP contribution < -0.4 is 21.1 Å². The zero-order valence-electron chi connectivity index (χ0n) is 23.3. The summed E-state index contributed by atoms with van der Waals surface area (Å²) < 4.78 is 10.9. The second kappa shape index (κ2) is 12.7. The molecular weight excluding hydrogens is 490 g/mol. The molecule has 39 heavy (non-hydrogen) atoms. The number of rotatable bonds is 11. The molecule has 2 aromatic carbocycles. The maximum atomic E-state index is 12.1. The smallest absolute Gasteiger partial charge is 0.319 e. The van der Waals surface area contributed by atoms with Crippen molar-refractivity contribution in [3.63, 3.8) is 0 Å². The lowest BCUT2D eigenvalue weighted by Crippen LogP contribution is -2.34. The molecule has 0 radical (unpaired) electrons. The summed E-state index contributed by atoms with van der Waals surface area (Å²) in [6, 6.07) is 13.6. The number of nitrogens with one attached hydrogen (secondary N) is 2. The van der Waals surface area contributed by atoms with Gasteiger partial charge in [-0.25, -0.2) is 4.79 Å². The van der Waals surface area contributed by atoms with E-state index in [-0.39, 0.29) is 12.1 Å². The average molecular weight is 530 g/mol. The second-order valence-electron chi connectivity index (χ2n) is 10.5. The molecule has 0 saturated heterocycles. The number of benzene rings is 2. The van der Waals surface area contributed by atoms with E-state index in [1.165, 1.54) is 24.8 Å². The second-order valence-corrected chi connectivity index (χ2v) is 10.5. The number of carbonyl (C=O) groups is 1. The molecule has 8 nitrogen and oxygen atoms in total. The maximum Gasteiger partial charge on any atom is 0.319 e. The van der Waals surface area contributed by atoms with Crippen LogP contribution in [0.25, 0.3) is 11.3 Å². The number of aryl methyl sites for hydroxylation is 2. The molecule has 1 aromatic heterocycles. The number of nitrogens with two attached hydrogens (primary N) is 1. The fourth-order valence-corrected chi connectivity index (χ4v) is 4.62. The van der Waals surface area contributed by atoms with Crippen LogP contribution in [0.4, 0.5) is 10.5 Å². The Balaban J connectivity index is 1.54. The van der Waals surface area contributed by atoms with Crippen molar-refractivity contribution >= 4 is 23.0 Å². The highest BCUT2D eigenvalue weighted by Crippen LogP contribution is 2.39. The van der Waals surface area contributed by atoms with Crippen LogP contribution in [0, 0.1) is 19.8 Å². The van der Waals surface area contributed by atoms with E-state index in [1.807, 2.05) is 63.2 Å². The number of urea groups is 1. The van der Waals surface area contributed by atoms with E-state index in [9.17, 15) is 4.79 Å². The number of nitrogens with zero attached hydrogens (tertiary/aromatic N) is 2. The number of hydrogen-bond acceptors (Lipinski definition) is 6. The van der Waals surface area contributed by atoms with Gasteiger partial charge in [0.2, 0.25) is 5.89 Å². The molecule has 1 fully saturated rings. The van der Waals surface area contributed by atoms with Crippen LogP contribution in [0.2, 0.25) is 0 Å². The largest absolute Gasteiger partial charge is 0.493 e. The Bertz CT molecular complexity index is 1340. The Hall–Kier alpha value is -4.07. The van der Waals surface area contributed by atoms with Gasteiger partial charge in [-0.15, -0.1) is 0 Å². The first-order chi connectivity index (χ1) is 18.7. The van der Waals surface area contributed by atoms with Gasteiger partial charge in [0, 0.05) is 36.3 Å². The highest BCUT2D eigenvalue weighted by atomic mass is 16.5. The molecule has 0 unspecified atom stereocenters. The van der Waals surface area contributed by atoms with Crippen LogP contribution in [0.3, 0.4) is 0 Å². The summed E-state index contributed by atoms with van der Waals surface area (Å²) in [5.41, 5.74) is 13.6. The normalized spacial score (nSPS) is 14.0. The minimum Gasteiger partial charge on any atom is -0.493 e. The summed E-state index contributed by atoms with van der Waals surface area (Å²) in [4.78, 5) is 16.3. The van der Waals surface area contributed by atoms with Gasteiger partial charge in [-0.1, -0.05) is 35.9 Å². The molecule has 4 N–H and O–H groups in total.